The van der Waals surface area contributed by atoms with Crippen molar-refractivity contribution in [3.8, 4) is 6.07 Å². The second-order valence-electron chi connectivity index (χ2n) is 2.95. The molecule has 72 valence electrons. The third-order valence-electron chi connectivity index (χ3n) is 2.04. The van der Waals surface area contributed by atoms with Crippen molar-refractivity contribution in [3.05, 3.63) is 0 Å². The first kappa shape index (κ1) is 9.96. The maximum absolute atomic E-state index is 11.4. The quantitative estimate of drug-likeness (QED) is 0.555. The van der Waals surface area contributed by atoms with Gasteiger partial charge in [-0.05, 0) is 7.05 Å². The van der Waals surface area contributed by atoms with Gasteiger partial charge in [-0.15, -0.1) is 0 Å². The Labute approximate surface area is 77.3 Å². The molecule has 1 fully saturated rings. The predicted octanol–water partition coefficient (Wildman–Crippen LogP) is -1.04. The molecule has 1 unspecified atom stereocenters. The van der Waals surface area contributed by atoms with Crippen LogP contribution in [0.3, 0.4) is 0 Å². The van der Waals surface area contributed by atoms with Crippen molar-refractivity contribution in [1.82, 2.24) is 10.2 Å². The van der Waals surface area contributed by atoms with Crippen LogP contribution in [0.25, 0.3) is 0 Å². The predicted molar refractivity (Wildman–Crippen MR) is 45.9 cm³/mol. The second-order valence-corrected chi connectivity index (χ2v) is 2.95. The molecule has 0 spiro atoms. The normalized spacial score (nSPS) is 23.5. The van der Waals surface area contributed by atoms with Crippen LogP contribution in [0.1, 0.15) is 0 Å². The van der Waals surface area contributed by atoms with Crippen molar-refractivity contribution in [1.29, 1.82) is 5.26 Å². The zero-order chi connectivity index (χ0) is 9.68. The Kier molecular flexibility index (Phi) is 3.68. The number of nitrogens with zero attached hydrogens (tertiary/aromatic N) is 2. The molecular formula is C8H13N3O2. The van der Waals surface area contributed by atoms with Gasteiger partial charge in [-0.3, -0.25) is 9.69 Å². The van der Waals surface area contributed by atoms with Gasteiger partial charge in [0, 0.05) is 6.54 Å². The molecule has 1 amide bonds. The number of nitriles is 1. The summed E-state index contributed by atoms with van der Waals surface area (Å²) in [6, 6.07) is 1.61. The van der Waals surface area contributed by atoms with Gasteiger partial charge in [0.1, 0.15) is 12.6 Å². The molecule has 5 nitrogen and oxygen atoms in total. The van der Waals surface area contributed by atoms with Crippen molar-refractivity contribution in [2.45, 2.75) is 6.04 Å². The molecule has 0 bridgehead atoms. The molecule has 1 N–H and O–H groups in total. The van der Waals surface area contributed by atoms with E-state index in [2.05, 4.69) is 5.32 Å². The van der Waals surface area contributed by atoms with Crippen molar-refractivity contribution < 1.29 is 9.53 Å². The maximum Gasteiger partial charge on any atom is 0.240 e. The molecular weight excluding hydrogens is 170 g/mol. The number of carbonyl (C=O) groups excluding carboxylic acids is 1. The van der Waals surface area contributed by atoms with Gasteiger partial charge in [-0.25, -0.2) is 0 Å². The van der Waals surface area contributed by atoms with Gasteiger partial charge in [0.2, 0.25) is 5.91 Å². The Bertz CT molecular complexity index is 224. The van der Waals surface area contributed by atoms with Crippen LogP contribution in [-0.4, -0.2) is 50.2 Å². The number of hydrogen-bond donors (Lipinski definition) is 1. The molecule has 0 aromatic rings. The Hall–Kier alpha value is -1.12. The molecule has 1 atom stereocenters. The standard InChI is InChI=1S/C8H13N3O2/c1-11-4-5-13-6-7(11)8(12)10-3-2-9/h7H,3-6H2,1H3,(H,10,12). The minimum Gasteiger partial charge on any atom is -0.378 e. The van der Waals surface area contributed by atoms with E-state index in [0.717, 1.165) is 6.54 Å². The number of morpholine rings is 1. The molecule has 0 radical (unpaired) electrons. The van der Waals surface area contributed by atoms with E-state index in [1.165, 1.54) is 0 Å². The van der Waals surface area contributed by atoms with Crippen LogP contribution in [0.5, 0.6) is 0 Å². The fourth-order valence-electron chi connectivity index (χ4n) is 1.21. The fraction of sp³-hybridized carbons (Fsp3) is 0.750. The van der Waals surface area contributed by atoms with E-state index < -0.39 is 0 Å². The summed E-state index contributed by atoms with van der Waals surface area (Å²) < 4.78 is 5.17. The van der Waals surface area contributed by atoms with Gasteiger partial charge in [0.25, 0.3) is 0 Å². The van der Waals surface area contributed by atoms with Gasteiger partial charge >= 0.3 is 0 Å². The number of carbonyl (C=O) groups is 1. The third-order valence-corrected chi connectivity index (χ3v) is 2.04. The first-order valence-electron chi connectivity index (χ1n) is 4.18. The van der Waals surface area contributed by atoms with E-state index in [9.17, 15) is 4.79 Å². The first-order chi connectivity index (χ1) is 6.25. The lowest BCUT2D eigenvalue weighted by molar-refractivity contribution is -0.131. The van der Waals surface area contributed by atoms with Crippen LogP contribution in [-0.2, 0) is 9.53 Å². The van der Waals surface area contributed by atoms with Crippen molar-refractivity contribution in [2.24, 2.45) is 0 Å². The number of hydrogen-bond acceptors (Lipinski definition) is 4. The summed E-state index contributed by atoms with van der Waals surface area (Å²) >= 11 is 0. The van der Waals surface area contributed by atoms with Crippen LogP contribution in [0.2, 0.25) is 0 Å². The number of amides is 1. The summed E-state index contributed by atoms with van der Waals surface area (Å²) in [4.78, 5) is 13.3. The average Bonchev–Trinajstić information content (AvgIpc) is 2.15. The number of rotatable bonds is 2. The van der Waals surface area contributed by atoms with Crippen molar-refractivity contribution >= 4 is 5.91 Å². The lowest BCUT2D eigenvalue weighted by atomic mass is 10.2. The SMILES string of the molecule is CN1CCOCC1C(=O)NCC#N. The molecule has 13 heavy (non-hydrogen) atoms. The summed E-state index contributed by atoms with van der Waals surface area (Å²) in [5, 5.41) is 10.8. The highest BCUT2D eigenvalue weighted by atomic mass is 16.5. The Morgan fingerprint density at radius 1 is 1.85 bits per heavy atom. The van der Waals surface area contributed by atoms with Gasteiger partial charge in [0.05, 0.1) is 19.3 Å². The molecule has 0 saturated carbocycles. The molecule has 5 heteroatoms. The van der Waals surface area contributed by atoms with Crippen LogP contribution >= 0.6 is 0 Å². The smallest absolute Gasteiger partial charge is 0.240 e. The molecule has 1 heterocycles. The maximum atomic E-state index is 11.4. The fourth-order valence-corrected chi connectivity index (χ4v) is 1.21. The van der Waals surface area contributed by atoms with Crippen molar-refractivity contribution in [2.75, 3.05) is 33.4 Å². The van der Waals surface area contributed by atoms with E-state index in [1.54, 1.807) is 0 Å². The Morgan fingerprint density at radius 2 is 2.62 bits per heavy atom. The Balaban J connectivity index is 2.40. The van der Waals surface area contributed by atoms with E-state index in [0.29, 0.717) is 13.2 Å². The summed E-state index contributed by atoms with van der Waals surface area (Å²) in [7, 11) is 1.87. The summed E-state index contributed by atoms with van der Waals surface area (Å²) in [5.74, 6) is -0.135. The van der Waals surface area contributed by atoms with Gasteiger partial charge in [-0.1, -0.05) is 0 Å². The van der Waals surface area contributed by atoms with E-state index >= 15 is 0 Å². The monoisotopic (exact) mass is 183 g/mol. The van der Waals surface area contributed by atoms with Crippen LogP contribution in [0, 0.1) is 11.3 Å². The highest BCUT2D eigenvalue weighted by Crippen LogP contribution is 2.03. The third kappa shape index (κ3) is 2.68. The van der Waals surface area contributed by atoms with Gasteiger partial charge in [-0.2, -0.15) is 5.26 Å². The van der Waals surface area contributed by atoms with Gasteiger partial charge < -0.3 is 10.1 Å². The molecule has 1 aliphatic heterocycles. The van der Waals surface area contributed by atoms with Gasteiger partial charge in [0.15, 0.2) is 0 Å². The summed E-state index contributed by atoms with van der Waals surface area (Å²) in [6.07, 6.45) is 0. The second kappa shape index (κ2) is 4.80. The molecule has 1 aliphatic rings. The van der Waals surface area contributed by atoms with E-state index in [4.69, 9.17) is 10.00 Å². The summed E-state index contributed by atoms with van der Waals surface area (Å²) in [5.41, 5.74) is 0. The highest BCUT2D eigenvalue weighted by Gasteiger charge is 2.25. The van der Waals surface area contributed by atoms with E-state index in [-0.39, 0.29) is 18.5 Å². The molecule has 1 saturated heterocycles. The number of ether oxygens (including phenoxy) is 1. The molecule has 0 aromatic heterocycles. The minimum absolute atomic E-state index is 0.0587. The number of likely N-dealkylation sites (N-methyl/N-ethyl adjacent to an activating group) is 1. The lowest BCUT2D eigenvalue weighted by Crippen LogP contribution is -2.52. The average molecular weight is 183 g/mol. The van der Waals surface area contributed by atoms with Crippen LogP contribution in [0.4, 0.5) is 0 Å². The molecule has 0 aromatic carbocycles. The Morgan fingerprint density at radius 3 is 3.23 bits per heavy atom. The van der Waals surface area contributed by atoms with Crippen LogP contribution < -0.4 is 5.32 Å². The molecule has 1 rings (SSSR count). The van der Waals surface area contributed by atoms with Crippen LogP contribution in [0.15, 0.2) is 0 Å². The van der Waals surface area contributed by atoms with Crippen molar-refractivity contribution in [3.63, 3.8) is 0 Å². The van der Waals surface area contributed by atoms with E-state index in [1.807, 2.05) is 18.0 Å². The largest absolute Gasteiger partial charge is 0.378 e. The zero-order valence-corrected chi connectivity index (χ0v) is 7.62. The lowest BCUT2D eigenvalue weighted by Gasteiger charge is -2.30. The minimum atomic E-state index is -0.248. The highest BCUT2D eigenvalue weighted by molar-refractivity contribution is 5.82. The summed E-state index contributed by atoms with van der Waals surface area (Å²) in [6.45, 7) is 1.89. The number of nitrogens with one attached hydrogen (secondary N) is 1. The molecule has 0 aliphatic carbocycles. The topological polar surface area (TPSA) is 65.4 Å². The first-order valence-corrected chi connectivity index (χ1v) is 4.18. The zero-order valence-electron chi connectivity index (χ0n) is 7.62.